The summed E-state index contributed by atoms with van der Waals surface area (Å²) in [5, 5.41) is 4.62. The SMILES string of the molecule is COc1cc(C)c(S(=O)(=O)Cc2c(C)nn(CC(=O)N(C3CCC(N(C)C)CC3)C3CC3)c2C)c(C)c1. The Bertz CT molecular complexity index is 1230. The van der Waals surface area contributed by atoms with Crippen LogP contribution in [0, 0.1) is 27.7 Å². The first-order valence-corrected chi connectivity index (χ1v) is 15.0. The smallest absolute Gasteiger partial charge is 0.244 e. The average molecular weight is 531 g/mol. The number of hydrogen-bond donors (Lipinski definition) is 0. The average Bonchev–Trinajstić information content (AvgIpc) is 3.62. The largest absolute Gasteiger partial charge is 0.497 e. The van der Waals surface area contributed by atoms with Crippen LogP contribution >= 0.6 is 0 Å². The quantitative estimate of drug-likeness (QED) is 0.488. The molecule has 0 aliphatic heterocycles. The Kier molecular flexibility index (Phi) is 8.04. The highest BCUT2D eigenvalue weighted by Crippen LogP contribution is 2.35. The summed E-state index contributed by atoms with van der Waals surface area (Å²) in [7, 11) is 2.22. The van der Waals surface area contributed by atoms with Gasteiger partial charge in [0.15, 0.2) is 9.84 Å². The number of carbonyl (C=O) groups excluding carboxylic acids is 1. The summed E-state index contributed by atoms with van der Waals surface area (Å²) in [6.07, 6.45) is 6.43. The number of carbonyl (C=O) groups is 1. The highest BCUT2D eigenvalue weighted by Gasteiger charge is 2.39. The summed E-state index contributed by atoms with van der Waals surface area (Å²) in [5.41, 5.74) is 3.40. The molecule has 1 aromatic heterocycles. The predicted molar refractivity (Wildman–Crippen MR) is 145 cm³/mol. The summed E-state index contributed by atoms with van der Waals surface area (Å²) in [5.74, 6) is 0.592. The monoisotopic (exact) mass is 530 g/mol. The van der Waals surface area contributed by atoms with E-state index in [1.807, 2.05) is 13.8 Å². The van der Waals surface area contributed by atoms with E-state index in [4.69, 9.17) is 4.74 Å². The number of hydrogen-bond acceptors (Lipinski definition) is 6. The summed E-state index contributed by atoms with van der Waals surface area (Å²) in [6.45, 7) is 7.44. The minimum Gasteiger partial charge on any atom is -0.497 e. The molecule has 2 fully saturated rings. The molecule has 1 heterocycles. The van der Waals surface area contributed by atoms with Gasteiger partial charge in [-0.25, -0.2) is 8.42 Å². The van der Waals surface area contributed by atoms with Crippen molar-refractivity contribution >= 4 is 15.7 Å². The van der Waals surface area contributed by atoms with E-state index in [1.165, 1.54) is 0 Å². The third-order valence-corrected chi connectivity index (χ3v) is 10.1. The van der Waals surface area contributed by atoms with Crippen LogP contribution in [0.15, 0.2) is 17.0 Å². The number of amides is 1. The standard InChI is InChI=1S/C28H42N4O4S/c1-18-14-25(36-7)15-19(2)28(18)37(34,35)17-26-20(3)29-31(21(26)4)16-27(33)32(24-12-13-24)23-10-8-22(9-11-23)30(5)6/h14-15,22-24H,8-13,16-17H2,1-7H3. The Hall–Kier alpha value is -2.39. The Balaban J connectivity index is 1.52. The molecule has 1 aromatic carbocycles. The molecule has 2 aliphatic rings. The summed E-state index contributed by atoms with van der Waals surface area (Å²) in [4.78, 5) is 18.3. The number of ether oxygens (including phenoxy) is 1. The third kappa shape index (κ3) is 5.87. The molecule has 4 rings (SSSR count). The van der Waals surface area contributed by atoms with Gasteiger partial charge >= 0.3 is 0 Å². The molecule has 2 saturated carbocycles. The van der Waals surface area contributed by atoms with Gasteiger partial charge in [-0.05, 0) is 104 Å². The molecular formula is C28H42N4O4S. The van der Waals surface area contributed by atoms with Gasteiger partial charge in [0.2, 0.25) is 5.91 Å². The molecule has 2 aliphatic carbocycles. The highest BCUT2D eigenvalue weighted by molar-refractivity contribution is 7.90. The van der Waals surface area contributed by atoms with E-state index in [9.17, 15) is 13.2 Å². The van der Waals surface area contributed by atoms with Gasteiger partial charge in [0.05, 0.1) is 23.5 Å². The molecule has 9 heteroatoms. The topological polar surface area (TPSA) is 84.7 Å². The molecule has 0 atom stereocenters. The fourth-order valence-corrected chi connectivity index (χ4v) is 8.04. The second-order valence-electron chi connectivity index (χ2n) is 11.1. The van der Waals surface area contributed by atoms with Gasteiger partial charge in [-0.15, -0.1) is 0 Å². The van der Waals surface area contributed by atoms with E-state index >= 15 is 0 Å². The van der Waals surface area contributed by atoms with Crippen LogP contribution in [0.1, 0.15) is 66.6 Å². The van der Waals surface area contributed by atoms with E-state index in [2.05, 4.69) is 29.0 Å². The first kappa shape index (κ1) is 27.6. The molecule has 0 radical (unpaired) electrons. The van der Waals surface area contributed by atoms with Gasteiger partial charge in [0.25, 0.3) is 0 Å². The van der Waals surface area contributed by atoms with Crippen LogP contribution in [0.25, 0.3) is 0 Å². The normalized spacial score (nSPS) is 20.3. The molecule has 0 unspecified atom stereocenters. The Morgan fingerprint density at radius 3 is 1.97 bits per heavy atom. The maximum atomic E-state index is 13.6. The van der Waals surface area contributed by atoms with Crippen molar-refractivity contribution in [1.82, 2.24) is 19.6 Å². The fraction of sp³-hybridized carbons (Fsp3) is 0.643. The van der Waals surface area contributed by atoms with E-state index in [-0.39, 0.29) is 24.2 Å². The molecule has 0 N–H and O–H groups in total. The van der Waals surface area contributed by atoms with E-state index in [1.54, 1.807) is 37.8 Å². The second kappa shape index (κ2) is 10.8. The van der Waals surface area contributed by atoms with Crippen molar-refractivity contribution in [2.24, 2.45) is 0 Å². The highest BCUT2D eigenvalue weighted by atomic mass is 32.2. The van der Waals surface area contributed by atoms with Crippen LogP contribution < -0.4 is 4.74 Å². The lowest BCUT2D eigenvalue weighted by atomic mass is 9.89. The predicted octanol–water partition coefficient (Wildman–Crippen LogP) is 3.96. The third-order valence-electron chi connectivity index (χ3n) is 8.15. The lowest BCUT2D eigenvalue weighted by molar-refractivity contribution is -0.136. The Morgan fingerprint density at radius 1 is 0.973 bits per heavy atom. The number of methoxy groups -OCH3 is 1. The van der Waals surface area contributed by atoms with E-state index in [0.717, 1.165) is 44.2 Å². The zero-order chi connectivity index (χ0) is 27.1. The van der Waals surface area contributed by atoms with Crippen molar-refractivity contribution in [1.29, 1.82) is 0 Å². The number of sulfone groups is 1. The zero-order valence-corrected chi connectivity index (χ0v) is 24.2. The van der Waals surface area contributed by atoms with Crippen LogP contribution in [0.4, 0.5) is 0 Å². The van der Waals surface area contributed by atoms with Gasteiger partial charge in [-0.1, -0.05) is 0 Å². The molecule has 0 spiro atoms. The van der Waals surface area contributed by atoms with Crippen LogP contribution in [0.5, 0.6) is 5.75 Å². The van der Waals surface area contributed by atoms with Crippen molar-refractivity contribution in [2.45, 2.75) is 102 Å². The minimum absolute atomic E-state index is 0.0950. The lowest BCUT2D eigenvalue weighted by Gasteiger charge is -2.39. The Labute approximate surface area is 221 Å². The molecule has 8 nitrogen and oxygen atoms in total. The molecule has 204 valence electrons. The van der Waals surface area contributed by atoms with Gasteiger partial charge < -0.3 is 14.5 Å². The molecule has 37 heavy (non-hydrogen) atoms. The fourth-order valence-electron chi connectivity index (χ4n) is 6.00. The van der Waals surface area contributed by atoms with Crippen molar-refractivity contribution in [3.63, 3.8) is 0 Å². The van der Waals surface area contributed by atoms with E-state index in [0.29, 0.717) is 45.1 Å². The summed E-state index contributed by atoms with van der Waals surface area (Å²) in [6, 6.07) is 4.71. The van der Waals surface area contributed by atoms with Crippen LogP contribution in [0.3, 0.4) is 0 Å². The number of aryl methyl sites for hydroxylation is 3. The molecule has 0 saturated heterocycles. The maximum absolute atomic E-state index is 13.6. The molecule has 0 bridgehead atoms. The lowest BCUT2D eigenvalue weighted by Crippen LogP contribution is -2.47. The van der Waals surface area contributed by atoms with Crippen molar-refractivity contribution < 1.29 is 17.9 Å². The summed E-state index contributed by atoms with van der Waals surface area (Å²) < 4.78 is 34.0. The van der Waals surface area contributed by atoms with Crippen LogP contribution in [-0.4, -0.2) is 73.2 Å². The van der Waals surface area contributed by atoms with Crippen molar-refractivity contribution in [3.8, 4) is 5.75 Å². The van der Waals surface area contributed by atoms with Crippen LogP contribution in [0.2, 0.25) is 0 Å². The first-order chi connectivity index (χ1) is 17.4. The molecule has 2 aromatic rings. The van der Waals surface area contributed by atoms with E-state index < -0.39 is 9.84 Å². The van der Waals surface area contributed by atoms with Gasteiger partial charge in [0, 0.05) is 29.4 Å². The minimum atomic E-state index is -3.62. The number of rotatable bonds is 9. The number of aromatic nitrogens is 2. The van der Waals surface area contributed by atoms with Gasteiger partial charge in [0.1, 0.15) is 12.3 Å². The van der Waals surface area contributed by atoms with Crippen LogP contribution in [-0.2, 0) is 26.9 Å². The molecular weight excluding hydrogens is 488 g/mol. The first-order valence-electron chi connectivity index (χ1n) is 13.3. The Morgan fingerprint density at radius 2 is 1.49 bits per heavy atom. The number of nitrogens with zero attached hydrogens (tertiary/aromatic N) is 4. The van der Waals surface area contributed by atoms with Crippen molar-refractivity contribution in [2.75, 3.05) is 21.2 Å². The van der Waals surface area contributed by atoms with Crippen molar-refractivity contribution in [3.05, 3.63) is 40.2 Å². The molecule has 1 amide bonds. The maximum Gasteiger partial charge on any atom is 0.244 e. The zero-order valence-electron chi connectivity index (χ0n) is 23.4. The van der Waals surface area contributed by atoms with Gasteiger partial charge in [-0.2, -0.15) is 5.10 Å². The number of benzene rings is 1. The second-order valence-corrected chi connectivity index (χ2v) is 13.0. The summed E-state index contributed by atoms with van der Waals surface area (Å²) >= 11 is 0. The van der Waals surface area contributed by atoms with Gasteiger partial charge in [-0.3, -0.25) is 9.48 Å².